The summed E-state index contributed by atoms with van der Waals surface area (Å²) < 4.78 is 0. The number of nitrogens with zero attached hydrogens (tertiary/aromatic N) is 2. The molecule has 5 nitrogen and oxygen atoms in total. The Balaban J connectivity index is 1.63. The second-order valence-electron chi connectivity index (χ2n) is 6.83. The van der Waals surface area contributed by atoms with Gasteiger partial charge in [-0.25, -0.2) is 0 Å². The molecule has 1 aromatic heterocycles. The highest BCUT2D eigenvalue weighted by Crippen LogP contribution is 2.37. The molecule has 0 unspecified atom stereocenters. The Bertz CT molecular complexity index is 878. The molecule has 1 amide bonds. The van der Waals surface area contributed by atoms with E-state index in [0.717, 1.165) is 21.7 Å². The van der Waals surface area contributed by atoms with Crippen LogP contribution < -0.4 is 5.32 Å². The lowest BCUT2D eigenvalue weighted by atomic mass is 9.88. The molecule has 128 valence electrons. The minimum atomic E-state index is -0.237. The molecule has 3 rings (SSSR count). The van der Waals surface area contributed by atoms with E-state index in [-0.39, 0.29) is 22.9 Å². The first-order chi connectivity index (χ1) is 11.8. The molecule has 0 aromatic carbocycles. The number of aromatic hydroxyl groups is 1. The van der Waals surface area contributed by atoms with Crippen molar-refractivity contribution in [1.82, 2.24) is 10.2 Å². The van der Waals surface area contributed by atoms with Crippen molar-refractivity contribution in [2.24, 2.45) is 5.41 Å². The van der Waals surface area contributed by atoms with Crippen LogP contribution in [-0.2, 0) is 17.8 Å². The number of thiophene rings is 1. The van der Waals surface area contributed by atoms with Gasteiger partial charge in [0.15, 0.2) is 5.06 Å². The van der Waals surface area contributed by atoms with Crippen molar-refractivity contribution < 1.29 is 9.90 Å². The minimum absolute atomic E-state index is 0.0732. The number of carbonyl (C=O) groups excluding carboxylic acids is 1. The van der Waals surface area contributed by atoms with Crippen LogP contribution in [-0.4, -0.2) is 29.0 Å². The van der Waals surface area contributed by atoms with Gasteiger partial charge in [-0.05, 0) is 18.1 Å². The molecule has 0 atom stereocenters. The summed E-state index contributed by atoms with van der Waals surface area (Å²) >= 11 is 1.22. The maximum Gasteiger partial charge on any atom is 0.238 e. The monoisotopic (exact) mass is 353 g/mol. The maximum atomic E-state index is 12.3. The predicted octanol–water partition coefficient (Wildman–Crippen LogP) is 2.28. The van der Waals surface area contributed by atoms with Gasteiger partial charge in [0, 0.05) is 34.7 Å². The molecule has 0 spiro atoms. The molecule has 2 aliphatic rings. The van der Waals surface area contributed by atoms with E-state index in [1.165, 1.54) is 11.3 Å². The molecule has 0 radical (unpaired) electrons. The van der Waals surface area contributed by atoms with Gasteiger partial charge in [0.1, 0.15) is 11.6 Å². The van der Waals surface area contributed by atoms with E-state index in [1.54, 1.807) is 0 Å². The first-order valence-electron chi connectivity index (χ1n) is 8.01. The summed E-state index contributed by atoms with van der Waals surface area (Å²) in [6.07, 6.45) is 9.97. The largest absolute Gasteiger partial charge is 0.499 e. The number of rotatable bonds is 3. The Labute approximate surface area is 151 Å². The van der Waals surface area contributed by atoms with Crippen molar-refractivity contribution in [3.05, 3.63) is 39.4 Å². The number of amides is 1. The van der Waals surface area contributed by atoms with E-state index in [4.69, 9.17) is 11.7 Å². The van der Waals surface area contributed by atoms with Crippen LogP contribution in [0.1, 0.15) is 29.9 Å². The lowest BCUT2D eigenvalue weighted by Gasteiger charge is -2.26. The van der Waals surface area contributed by atoms with E-state index in [2.05, 4.69) is 17.3 Å². The smallest absolute Gasteiger partial charge is 0.238 e. The Hall–Kier alpha value is -2.54. The third-order valence-corrected chi connectivity index (χ3v) is 5.57. The van der Waals surface area contributed by atoms with Crippen LogP contribution in [0.15, 0.2) is 23.4 Å². The molecule has 0 fully saturated rings. The molecule has 2 N–H and O–H groups in total. The van der Waals surface area contributed by atoms with Crippen LogP contribution in [0.25, 0.3) is 0 Å². The zero-order valence-electron chi connectivity index (χ0n) is 14.2. The van der Waals surface area contributed by atoms with Crippen molar-refractivity contribution in [3.63, 3.8) is 0 Å². The van der Waals surface area contributed by atoms with E-state index in [0.29, 0.717) is 25.1 Å². The van der Waals surface area contributed by atoms with Gasteiger partial charge >= 0.3 is 0 Å². The number of fused-ring (bicyclic) bond motifs is 1. The number of nitrogens with one attached hydrogen (secondary N) is 1. The summed E-state index contributed by atoms with van der Waals surface area (Å²) in [6.45, 7) is 5.54. The van der Waals surface area contributed by atoms with Crippen LogP contribution in [0.5, 0.6) is 5.06 Å². The molecule has 1 aliphatic carbocycles. The molecule has 0 bridgehead atoms. The first-order valence-corrected chi connectivity index (χ1v) is 8.83. The number of hydrogen-bond donors (Lipinski definition) is 2. The second-order valence-corrected chi connectivity index (χ2v) is 7.91. The first kappa shape index (κ1) is 17.3. The summed E-state index contributed by atoms with van der Waals surface area (Å²) in [6, 6.07) is 2.06. The van der Waals surface area contributed by atoms with Gasteiger partial charge in [-0.1, -0.05) is 25.8 Å². The fourth-order valence-corrected chi connectivity index (χ4v) is 4.32. The molecule has 2 heterocycles. The maximum absolute atomic E-state index is 12.3. The van der Waals surface area contributed by atoms with Crippen molar-refractivity contribution in [3.8, 4) is 23.5 Å². The Morgan fingerprint density at radius 2 is 2.32 bits per heavy atom. The zero-order chi connectivity index (χ0) is 18.2. The van der Waals surface area contributed by atoms with Crippen molar-refractivity contribution in [2.45, 2.75) is 26.8 Å². The SMILES string of the molecule is C#CC1=CC(NC(=O)CN2CCc3c(sc(O)c3C#N)C2)=CC1(C)C. The highest BCUT2D eigenvalue weighted by atomic mass is 32.1. The average molecular weight is 353 g/mol. The van der Waals surface area contributed by atoms with E-state index < -0.39 is 0 Å². The highest BCUT2D eigenvalue weighted by Gasteiger charge is 2.28. The Kier molecular flexibility index (Phi) is 4.43. The van der Waals surface area contributed by atoms with Crippen LogP contribution in [0.3, 0.4) is 0 Å². The third-order valence-electron chi connectivity index (χ3n) is 4.55. The molecule has 6 heteroatoms. The molecule has 0 saturated carbocycles. The number of carbonyl (C=O) groups is 1. The van der Waals surface area contributed by atoms with Gasteiger partial charge < -0.3 is 10.4 Å². The quantitative estimate of drug-likeness (QED) is 0.818. The minimum Gasteiger partial charge on any atom is -0.499 e. The van der Waals surface area contributed by atoms with Crippen LogP contribution in [0, 0.1) is 29.1 Å². The van der Waals surface area contributed by atoms with Gasteiger partial charge in [-0.2, -0.15) is 5.26 Å². The summed E-state index contributed by atoms with van der Waals surface area (Å²) in [5.41, 5.74) is 2.65. The number of allylic oxidation sites excluding steroid dienone is 3. The summed E-state index contributed by atoms with van der Waals surface area (Å²) in [4.78, 5) is 15.3. The molecule has 1 aromatic rings. The van der Waals surface area contributed by atoms with E-state index >= 15 is 0 Å². The highest BCUT2D eigenvalue weighted by molar-refractivity contribution is 7.14. The fourth-order valence-electron chi connectivity index (χ4n) is 3.25. The standard InChI is InChI=1S/C19H19N3O2S/c1-4-12-7-13(8-19(12,2)3)21-17(23)11-22-6-5-14-15(9-20)18(24)25-16(14)10-22/h1,7-8,24H,5-6,10-11H2,2-3H3,(H,21,23). The normalized spacial score (nSPS) is 18.6. The molecule has 0 saturated heterocycles. The van der Waals surface area contributed by atoms with Crippen LogP contribution >= 0.6 is 11.3 Å². The zero-order valence-corrected chi connectivity index (χ0v) is 15.0. The average Bonchev–Trinajstić information content (AvgIpc) is 3.00. The van der Waals surface area contributed by atoms with Crippen LogP contribution in [0.2, 0.25) is 0 Å². The third kappa shape index (κ3) is 3.32. The predicted molar refractivity (Wildman–Crippen MR) is 96.6 cm³/mol. The summed E-state index contributed by atoms with van der Waals surface area (Å²) in [5.74, 6) is 2.57. The summed E-state index contributed by atoms with van der Waals surface area (Å²) in [5, 5.41) is 21.9. The number of hydrogen-bond acceptors (Lipinski definition) is 5. The van der Waals surface area contributed by atoms with Crippen molar-refractivity contribution in [1.29, 1.82) is 5.26 Å². The lowest BCUT2D eigenvalue weighted by Crippen LogP contribution is -2.39. The summed E-state index contributed by atoms with van der Waals surface area (Å²) in [7, 11) is 0. The van der Waals surface area contributed by atoms with Gasteiger partial charge in [0.2, 0.25) is 5.91 Å². The molecule has 25 heavy (non-hydrogen) atoms. The van der Waals surface area contributed by atoms with Gasteiger partial charge in [0.05, 0.1) is 6.54 Å². The van der Waals surface area contributed by atoms with E-state index in [9.17, 15) is 9.90 Å². The van der Waals surface area contributed by atoms with Gasteiger partial charge in [-0.3, -0.25) is 9.69 Å². The Morgan fingerprint density at radius 1 is 1.56 bits per heavy atom. The topological polar surface area (TPSA) is 76.4 Å². The second kappa shape index (κ2) is 6.40. The van der Waals surface area contributed by atoms with Gasteiger partial charge in [-0.15, -0.1) is 17.8 Å². The Morgan fingerprint density at radius 3 is 2.96 bits per heavy atom. The fraction of sp³-hybridized carbons (Fsp3) is 0.368. The van der Waals surface area contributed by atoms with Gasteiger partial charge in [0.25, 0.3) is 0 Å². The van der Waals surface area contributed by atoms with Crippen LogP contribution in [0.4, 0.5) is 0 Å². The van der Waals surface area contributed by atoms with Crippen molar-refractivity contribution in [2.75, 3.05) is 13.1 Å². The van der Waals surface area contributed by atoms with E-state index in [1.807, 2.05) is 30.9 Å². The molecule has 1 aliphatic heterocycles. The molecular weight excluding hydrogens is 334 g/mol. The van der Waals surface area contributed by atoms with Crippen molar-refractivity contribution >= 4 is 17.2 Å². The molecular formula is C19H19N3O2S. The number of terminal acetylenes is 1. The number of nitriles is 1. The lowest BCUT2D eigenvalue weighted by molar-refractivity contribution is -0.121.